The molecular formula is C18H16O5S2. The van der Waals surface area contributed by atoms with E-state index in [1.54, 1.807) is 13.0 Å². The van der Waals surface area contributed by atoms with Crippen LogP contribution < -0.4 is 14.9 Å². The summed E-state index contributed by atoms with van der Waals surface area (Å²) in [5.41, 5.74) is 0.982. The Bertz CT molecular complexity index is 1190. The molecular weight excluding hydrogens is 360 g/mol. The second kappa shape index (κ2) is 5.44. The first kappa shape index (κ1) is 16.4. The SMILES string of the molecule is COc1c2c(c(OC)c3c(=O)c4ccccc4sc13)CS(=O)(=O)C2C. The van der Waals surface area contributed by atoms with Gasteiger partial charge in [0.1, 0.15) is 11.5 Å². The molecule has 0 saturated heterocycles. The number of hydrogen-bond donors (Lipinski definition) is 0. The van der Waals surface area contributed by atoms with Crippen LogP contribution in [0.4, 0.5) is 0 Å². The molecule has 0 saturated carbocycles. The maximum Gasteiger partial charge on any atom is 0.199 e. The minimum Gasteiger partial charge on any atom is -0.496 e. The van der Waals surface area contributed by atoms with Crippen molar-refractivity contribution < 1.29 is 17.9 Å². The molecule has 7 heteroatoms. The number of fused-ring (bicyclic) bond motifs is 3. The lowest BCUT2D eigenvalue weighted by molar-refractivity contribution is 0.405. The third-order valence-corrected chi connectivity index (χ3v) is 7.95. The van der Waals surface area contributed by atoms with E-state index in [0.29, 0.717) is 38.1 Å². The lowest BCUT2D eigenvalue weighted by Gasteiger charge is -2.16. The van der Waals surface area contributed by atoms with Gasteiger partial charge in [0.05, 0.1) is 35.3 Å². The van der Waals surface area contributed by atoms with Gasteiger partial charge in [-0.2, -0.15) is 0 Å². The third kappa shape index (κ3) is 2.12. The Morgan fingerprint density at radius 2 is 1.80 bits per heavy atom. The lowest BCUT2D eigenvalue weighted by Crippen LogP contribution is -2.07. The van der Waals surface area contributed by atoms with Gasteiger partial charge in [-0.05, 0) is 19.1 Å². The van der Waals surface area contributed by atoms with E-state index in [0.717, 1.165) is 4.70 Å². The summed E-state index contributed by atoms with van der Waals surface area (Å²) < 4.78 is 37.5. The van der Waals surface area contributed by atoms with Crippen LogP contribution in [0.5, 0.6) is 11.5 Å². The molecule has 1 atom stereocenters. The number of ether oxygens (including phenoxy) is 2. The maximum absolute atomic E-state index is 13.1. The van der Waals surface area contributed by atoms with Gasteiger partial charge in [0, 0.05) is 21.2 Å². The molecule has 0 spiro atoms. The fourth-order valence-electron chi connectivity index (χ4n) is 3.55. The van der Waals surface area contributed by atoms with Gasteiger partial charge in [0.25, 0.3) is 0 Å². The first-order chi connectivity index (χ1) is 11.9. The van der Waals surface area contributed by atoms with Crippen molar-refractivity contribution in [1.82, 2.24) is 0 Å². The van der Waals surface area contributed by atoms with Crippen LogP contribution in [-0.4, -0.2) is 22.6 Å². The molecule has 130 valence electrons. The van der Waals surface area contributed by atoms with Gasteiger partial charge >= 0.3 is 0 Å². The standard InChI is InChI=1S/C18H16O5S2/c1-9-13-11(8-25(9,20)21)16(22-2)14-15(19)10-6-4-5-7-12(10)24-18(14)17(13)23-3/h4-7,9H,8H2,1-3H3. The minimum absolute atomic E-state index is 0.143. The van der Waals surface area contributed by atoms with E-state index in [1.165, 1.54) is 25.6 Å². The number of rotatable bonds is 2. The number of methoxy groups -OCH3 is 2. The summed E-state index contributed by atoms with van der Waals surface area (Å²) in [6.45, 7) is 1.65. The van der Waals surface area contributed by atoms with Gasteiger partial charge in [0.2, 0.25) is 0 Å². The van der Waals surface area contributed by atoms with E-state index < -0.39 is 15.1 Å². The second-order valence-electron chi connectivity index (χ2n) is 6.04. The van der Waals surface area contributed by atoms with E-state index in [1.807, 2.05) is 18.2 Å². The highest BCUT2D eigenvalue weighted by Gasteiger charge is 2.40. The summed E-state index contributed by atoms with van der Waals surface area (Å²) in [5, 5.41) is 0.296. The molecule has 1 aliphatic heterocycles. The van der Waals surface area contributed by atoms with E-state index in [-0.39, 0.29) is 11.2 Å². The molecule has 25 heavy (non-hydrogen) atoms. The average Bonchev–Trinajstić information content (AvgIpc) is 2.83. The fraction of sp³-hybridized carbons (Fsp3) is 0.278. The van der Waals surface area contributed by atoms with Gasteiger partial charge in [-0.25, -0.2) is 8.42 Å². The average molecular weight is 376 g/mol. The summed E-state index contributed by atoms with van der Waals surface area (Å²) in [7, 11) is -0.370. The third-order valence-electron chi connectivity index (χ3n) is 4.77. The number of hydrogen-bond acceptors (Lipinski definition) is 6. The summed E-state index contributed by atoms with van der Waals surface area (Å²) >= 11 is 1.41. The van der Waals surface area contributed by atoms with Crippen molar-refractivity contribution >= 4 is 41.3 Å². The molecule has 0 aliphatic carbocycles. The van der Waals surface area contributed by atoms with E-state index in [2.05, 4.69) is 0 Å². The molecule has 2 heterocycles. The van der Waals surface area contributed by atoms with Gasteiger partial charge in [0.15, 0.2) is 15.3 Å². The van der Waals surface area contributed by atoms with E-state index >= 15 is 0 Å². The van der Waals surface area contributed by atoms with Crippen molar-refractivity contribution in [2.75, 3.05) is 14.2 Å². The molecule has 0 N–H and O–H groups in total. The highest BCUT2D eigenvalue weighted by atomic mass is 32.2. The Hall–Kier alpha value is -2.12. The molecule has 3 aromatic rings. The van der Waals surface area contributed by atoms with Gasteiger partial charge in [-0.1, -0.05) is 12.1 Å². The predicted octanol–water partition coefficient (Wildman–Crippen LogP) is 3.42. The molecule has 1 aromatic heterocycles. The minimum atomic E-state index is -3.34. The molecule has 1 unspecified atom stereocenters. The highest BCUT2D eigenvalue weighted by molar-refractivity contribution is 7.91. The normalized spacial score (nSPS) is 18.4. The van der Waals surface area contributed by atoms with Crippen molar-refractivity contribution in [1.29, 1.82) is 0 Å². The highest BCUT2D eigenvalue weighted by Crippen LogP contribution is 2.51. The Morgan fingerprint density at radius 3 is 2.48 bits per heavy atom. The Kier molecular flexibility index (Phi) is 3.56. The van der Waals surface area contributed by atoms with Crippen LogP contribution in [0.1, 0.15) is 23.3 Å². The topological polar surface area (TPSA) is 69.7 Å². The largest absolute Gasteiger partial charge is 0.496 e. The number of benzene rings is 2. The molecule has 1 aliphatic rings. The lowest BCUT2D eigenvalue weighted by atomic mass is 10.0. The van der Waals surface area contributed by atoms with Gasteiger partial charge in [-0.3, -0.25) is 4.79 Å². The Labute approximate surface area is 148 Å². The zero-order valence-corrected chi connectivity index (χ0v) is 15.6. The van der Waals surface area contributed by atoms with E-state index in [9.17, 15) is 13.2 Å². The first-order valence-corrected chi connectivity index (χ1v) is 10.3. The van der Waals surface area contributed by atoms with Crippen molar-refractivity contribution in [2.24, 2.45) is 0 Å². The van der Waals surface area contributed by atoms with Gasteiger partial charge in [-0.15, -0.1) is 11.3 Å². The van der Waals surface area contributed by atoms with Crippen molar-refractivity contribution in [3.63, 3.8) is 0 Å². The predicted molar refractivity (Wildman–Crippen MR) is 99.7 cm³/mol. The summed E-state index contributed by atoms with van der Waals surface area (Å²) in [6, 6.07) is 7.33. The molecule has 0 amide bonds. The molecule has 0 fully saturated rings. The maximum atomic E-state index is 13.1. The van der Waals surface area contributed by atoms with Crippen LogP contribution in [0.2, 0.25) is 0 Å². The van der Waals surface area contributed by atoms with Gasteiger partial charge < -0.3 is 9.47 Å². The zero-order chi connectivity index (χ0) is 17.9. The van der Waals surface area contributed by atoms with Crippen LogP contribution in [0.3, 0.4) is 0 Å². The quantitative estimate of drug-likeness (QED) is 0.641. The molecule has 0 radical (unpaired) electrons. The van der Waals surface area contributed by atoms with Crippen molar-refractivity contribution in [2.45, 2.75) is 17.9 Å². The summed E-state index contributed by atoms with van der Waals surface area (Å²) in [4.78, 5) is 13.1. The summed E-state index contributed by atoms with van der Waals surface area (Å²) in [5.74, 6) is 0.675. The molecule has 5 nitrogen and oxygen atoms in total. The molecule has 0 bridgehead atoms. The van der Waals surface area contributed by atoms with Crippen LogP contribution in [-0.2, 0) is 15.6 Å². The van der Waals surface area contributed by atoms with Crippen LogP contribution in [0, 0.1) is 0 Å². The Balaban J connectivity index is 2.31. The molecule has 4 rings (SSSR count). The Morgan fingerprint density at radius 1 is 1.12 bits per heavy atom. The van der Waals surface area contributed by atoms with Crippen LogP contribution in [0.25, 0.3) is 20.2 Å². The van der Waals surface area contributed by atoms with E-state index in [4.69, 9.17) is 9.47 Å². The van der Waals surface area contributed by atoms with Crippen molar-refractivity contribution in [3.8, 4) is 11.5 Å². The number of sulfone groups is 1. The fourth-order valence-corrected chi connectivity index (χ4v) is 6.31. The second-order valence-corrected chi connectivity index (χ2v) is 9.41. The molecule has 2 aromatic carbocycles. The van der Waals surface area contributed by atoms with Crippen LogP contribution in [0.15, 0.2) is 29.1 Å². The van der Waals surface area contributed by atoms with Crippen LogP contribution >= 0.6 is 11.3 Å². The smallest absolute Gasteiger partial charge is 0.199 e. The summed E-state index contributed by atoms with van der Waals surface area (Å²) in [6.07, 6.45) is 0. The zero-order valence-electron chi connectivity index (χ0n) is 14.0. The monoisotopic (exact) mass is 376 g/mol. The van der Waals surface area contributed by atoms with Crippen molar-refractivity contribution in [3.05, 3.63) is 45.6 Å². The first-order valence-electron chi connectivity index (χ1n) is 7.74.